The van der Waals surface area contributed by atoms with E-state index in [1.807, 2.05) is 0 Å². The summed E-state index contributed by atoms with van der Waals surface area (Å²) in [6, 6.07) is 5.73. The molecule has 0 amide bonds. The molecular formula is C15H15N3O5. The number of esters is 1. The van der Waals surface area contributed by atoms with Gasteiger partial charge in [-0.3, -0.25) is 19.9 Å². The van der Waals surface area contributed by atoms with Crippen LogP contribution in [0, 0.1) is 10.1 Å². The van der Waals surface area contributed by atoms with Crippen LogP contribution in [0.5, 0.6) is 5.75 Å². The molecule has 0 spiro atoms. The van der Waals surface area contributed by atoms with Crippen LogP contribution in [0.3, 0.4) is 0 Å². The van der Waals surface area contributed by atoms with Gasteiger partial charge in [-0.15, -0.1) is 0 Å². The normalized spacial score (nSPS) is 17.1. The van der Waals surface area contributed by atoms with Crippen molar-refractivity contribution in [3.63, 3.8) is 0 Å². The first-order valence-corrected chi connectivity index (χ1v) is 7.22. The van der Waals surface area contributed by atoms with Gasteiger partial charge in [0.2, 0.25) is 6.79 Å². The number of non-ortho nitro benzene ring substituents is 1. The second-order valence-electron chi connectivity index (χ2n) is 5.11. The van der Waals surface area contributed by atoms with Gasteiger partial charge in [0, 0.05) is 12.3 Å². The number of fused-ring (bicyclic) bond motifs is 1. The van der Waals surface area contributed by atoms with E-state index in [1.165, 1.54) is 18.3 Å². The molecule has 0 bridgehead atoms. The summed E-state index contributed by atoms with van der Waals surface area (Å²) in [5, 5.41) is 14.4. The summed E-state index contributed by atoms with van der Waals surface area (Å²) in [7, 11) is 0. The zero-order valence-corrected chi connectivity index (χ0v) is 12.2. The summed E-state index contributed by atoms with van der Waals surface area (Å²) >= 11 is 0. The van der Waals surface area contributed by atoms with E-state index in [4.69, 9.17) is 9.47 Å². The summed E-state index contributed by atoms with van der Waals surface area (Å²) in [6.45, 7) is 0.540. The Kier molecular flexibility index (Phi) is 4.33. The SMILES string of the molecule is O=C(OCOc1ccc([N+](=O)[O-])c2cccnc12)[C@@H]1CCCN1. The van der Waals surface area contributed by atoms with E-state index >= 15 is 0 Å². The zero-order valence-electron chi connectivity index (χ0n) is 12.2. The van der Waals surface area contributed by atoms with Gasteiger partial charge in [0.15, 0.2) is 0 Å². The highest BCUT2D eigenvalue weighted by atomic mass is 16.7. The van der Waals surface area contributed by atoms with Crippen LogP contribution >= 0.6 is 0 Å². The summed E-state index contributed by atoms with van der Waals surface area (Å²) in [4.78, 5) is 26.5. The zero-order chi connectivity index (χ0) is 16.2. The molecule has 0 saturated carbocycles. The van der Waals surface area contributed by atoms with Crippen LogP contribution in [0.1, 0.15) is 12.8 Å². The van der Waals surface area contributed by atoms with Gasteiger partial charge in [-0.05, 0) is 37.6 Å². The highest BCUT2D eigenvalue weighted by Gasteiger charge is 2.23. The highest BCUT2D eigenvalue weighted by molar-refractivity contribution is 5.92. The molecule has 0 unspecified atom stereocenters. The van der Waals surface area contributed by atoms with E-state index < -0.39 is 4.92 Å². The quantitative estimate of drug-likeness (QED) is 0.388. The first-order valence-electron chi connectivity index (χ1n) is 7.22. The van der Waals surface area contributed by atoms with Gasteiger partial charge in [0.25, 0.3) is 5.69 Å². The molecule has 23 heavy (non-hydrogen) atoms. The van der Waals surface area contributed by atoms with E-state index in [9.17, 15) is 14.9 Å². The van der Waals surface area contributed by atoms with Crippen molar-refractivity contribution in [3.05, 3.63) is 40.6 Å². The summed E-state index contributed by atoms with van der Waals surface area (Å²) in [5.41, 5.74) is 0.310. The maximum absolute atomic E-state index is 11.8. The number of carbonyl (C=O) groups is 1. The molecule has 1 aromatic heterocycles. The minimum Gasteiger partial charge on any atom is -0.455 e. The number of hydrogen-bond donors (Lipinski definition) is 1. The van der Waals surface area contributed by atoms with Crippen LogP contribution in [-0.2, 0) is 9.53 Å². The highest BCUT2D eigenvalue weighted by Crippen LogP contribution is 2.31. The molecule has 1 aliphatic heterocycles. The topological polar surface area (TPSA) is 104 Å². The fourth-order valence-corrected chi connectivity index (χ4v) is 2.54. The molecule has 2 heterocycles. The number of carbonyl (C=O) groups excluding carboxylic acids is 1. The van der Waals surface area contributed by atoms with Crippen molar-refractivity contribution < 1.29 is 19.2 Å². The van der Waals surface area contributed by atoms with Gasteiger partial charge in [0.05, 0.1) is 10.3 Å². The molecule has 3 rings (SSSR count). The molecule has 1 N–H and O–H groups in total. The van der Waals surface area contributed by atoms with Crippen molar-refractivity contribution in [3.8, 4) is 5.75 Å². The second-order valence-corrected chi connectivity index (χ2v) is 5.11. The van der Waals surface area contributed by atoms with Crippen LogP contribution in [0.15, 0.2) is 30.5 Å². The minimum atomic E-state index is -0.473. The van der Waals surface area contributed by atoms with Gasteiger partial charge in [-0.25, -0.2) is 0 Å². The van der Waals surface area contributed by atoms with Gasteiger partial charge in [-0.2, -0.15) is 0 Å². The smallest absolute Gasteiger partial charge is 0.326 e. The lowest BCUT2D eigenvalue weighted by Gasteiger charge is -2.12. The van der Waals surface area contributed by atoms with E-state index in [0.717, 1.165) is 19.4 Å². The number of nitro benzene ring substituents is 1. The molecule has 0 radical (unpaired) electrons. The van der Waals surface area contributed by atoms with E-state index in [-0.39, 0.29) is 24.5 Å². The first-order chi connectivity index (χ1) is 11.2. The first kappa shape index (κ1) is 15.2. The van der Waals surface area contributed by atoms with Gasteiger partial charge in [0.1, 0.15) is 17.3 Å². The second kappa shape index (κ2) is 6.57. The molecule has 120 valence electrons. The van der Waals surface area contributed by atoms with E-state index in [1.54, 1.807) is 12.1 Å². The summed E-state index contributed by atoms with van der Waals surface area (Å²) in [5.74, 6) is -0.0277. The van der Waals surface area contributed by atoms with Gasteiger partial charge in [-0.1, -0.05) is 0 Å². The number of nitrogens with one attached hydrogen (secondary N) is 1. The van der Waals surface area contributed by atoms with Crippen LogP contribution in [-0.4, -0.2) is 35.3 Å². The molecule has 0 aliphatic carbocycles. The molecule has 1 fully saturated rings. The number of ether oxygens (including phenoxy) is 2. The Balaban J connectivity index is 1.72. The lowest BCUT2D eigenvalue weighted by molar-refractivity contribution is -0.383. The third-order valence-corrected chi connectivity index (χ3v) is 3.67. The summed E-state index contributed by atoms with van der Waals surface area (Å²) in [6.07, 6.45) is 3.21. The van der Waals surface area contributed by atoms with Gasteiger partial charge < -0.3 is 14.8 Å². The Morgan fingerprint density at radius 3 is 3.04 bits per heavy atom. The van der Waals surface area contributed by atoms with Crippen LogP contribution in [0.4, 0.5) is 5.69 Å². The Bertz CT molecular complexity index is 743. The standard InChI is InChI=1S/C15H15N3O5/c19-15(11-4-2-7-16-11)23-9-22-13-6-5-12(18(20)21)10-3-1-8-17-14(10)13/h1,3,5-6,8,11,16H,2,4,7,9H2/t11-/m0/s1. The molecule has 1 atom stereocenters. The van der Waals surface area contributed by atoms with Crippen molar-refractivity contribution in [2.75, 3.05) is 13.3 Å². The number of nitro groups is 1. The fraction of sp³-hybridized carbons (Fsp3) is 0.333. The number of benzene rings is 1. The largest absolute Gasteiger partial charge is 0.455 e. The predicted molar refractivity (Wildman–Crippen MR) is 81.0 cm³/mol. The molecule has 1 saturated heterocycles. The van der Waals surface area contributed by atoms with E-state index in [2.05, 4.69) is 10.3 Å². The number of rotatable bonds is 5. The van der Waals surface area contributed by atoms with Crippen molar-refractivity contribution in [1.82, 2.24) is 10.3 Å². The van der Waals surface area contributed by atoms with Crippen molar-refractivity contribution >= 4 is 22.6 Å². The maximum atomic E-state index is 11.8. The summed E-state index contributed by atoms with van der Waals surface area (Å²) < 4.78 is 10.5. The number of aromatic nitrogens is 1. The Labute approximate surface area is 131 Å². The van der Waals surface area contributed by atoms with Crippen molar-refractivity contribution in [2.45, 2.75) is 18.9 Å². The molecular weight excluding hydrogens is 302 g/mol. The average molecular weight is 317 g/mol. The third-order valence-electron chi connectivity index (χ3n) is 3.67. The van der Waals surface area contributed by atoms with Crippen LogP contribution < -0.4 is 10.1 Å². The molecule has 1 aromatic carbocycles. The minimum absolute atomic E-state index is 0.0485. The predicted octanol–water partition coefficient (Wildman–Crippen LogP) is 1.77. The molecule has 8 nitrogen and oxygen atoms in total. The number of hydrogen-bond acceptors (Lipinski definition) is 7. The Morgan fingerprint density at radius 2 is 2.30 bits per heavy atom. The molecule has 1 aliphatic rings. The fourth-order valence-electron chi connectivity index (χ4n) is 2.54. The number of nitrogens with zero attached hydrogens (tertiary/aromatic N) is 2. The Morgan fingerprint density at radius 1 is 1.43 bits per heavy atom. The lowest BCUT2D eigenvalue weighted by Crippen LogP contribution is -2.33. The van der Waals surface area contributed by atoms with Crippen LogP contribution in [0.25, 0.3) is 10.9 Å². The maximum Gasteiger partial charge on any atom is 0.326 e. The number of pyridine rings is 1. The molecule has 2 aromatic rings. The monoisotopic (exact) mass is 317 g/mol. The Hall–Kier alpha value is -2.74. The van der Waals surface area contributed by atoms with Crippen LogP contribution in [0.2, 0.25) is 0 Å². The van der Waals surface area contributed by atoms with E-state index in [0.29, 0.717) is 16.7 Å². The molecule has 8 heteroatoms. The van der Waals surface area contributed by atoms with Crippen molar-refractivity contribution in [2.24, 2.45) is 0 Å². The van der Waals surface area contributed by atoms with Crippen molar-refractivity contribution in [1.29, 1.82) is 0 Å². The van der Waals surface area contributed by atoms with Gasteiger partial charge >= 0.3 is 5.97 Å². The lowest BCUT2D eigenvalue weighted by atomic mass is 10.1. The third kappa shape index (κ3) is 3.21. The average Bonchev–Trinajstić information content (AvgIpc) is 3.09.